The minimum Gasteiger partial charge on any atom is -0.391 e. The van der Waals surface area contributed by atoms with Crippen LogP contribution in [-0.4, -0.2) is 28.6 Å². The minimum atomic E-state index is -0.380. The van der Waals surface area contributed by atoms with Gasteiger partial charge in [0.15, 0.2) is 0 Å². The number of aromatic amines is 1. The van der Waals surface area contributed by atoms with Gasteiger partial charge in [0.25, 0.3) is 0 Å². The zero-order valence-electron chi connectivity index (χ0n) is 13.6. The largest absolute Gasteiger partial charge is 0.391 e. The van der Waals surface area contributed by atoms with Gasteiger partial charge in [-0.15, -0.1) is 0 Å². The second-order valence-electron chi connectivity index (χ2n) is 6.63. The van der Waals surface area contributed by atoms with Crippen molar-refractivity contribution in [1.82, 2.24) is 10.3 Å². The summed E-state index contributed by atoms with van der Waals surface area (Å²) in [4.78, 5) is 15.2. The number of hydrogen-bond donors (Lipinski definition) is 3. The number of aliphatic hydroxyl groups excluding tert-OH is 1. The van der Waals surface area contributed by atoms with Crippen LogP contribution < -0.4 is 5.32 Å². The van der Waals surface area contributed by atoms with Crippen LogP contribution in [0, 0.1) is 5.92 Å². The SMILES string of the molecule is O=C(CCCc1c[nH]c2ccccc12)NCC(O)C1CCCC1. The van der Waals surface area contributed by atoms with E-state index in [1.165, 1.54) is 23.8 Å². The van der Waals surface area contributed by atoms with E-state index in [9.17, 15) is 9.90 Å². The first-order valence-electron chi connectivity index (χ1n) is 8.74. The van der Waals surface area contributed by atoms with Crippen molar-refractivity contribution in [3.8, 4) is 0 Å². The van der Waals surface area contributed by atoms with Gasteiger partial charge < -0.3 is 15.4 Å². The number of benzene rings is 1. The first-order valence-corrected chi connectivity index (χ1v) is 8.74. The molecule has 2 aromatic rings. The molecule has 23 heavy (non-hydrogen) atoms. The zero-order valence-corrected chi connectivity index (χ0v) is 13.6. The lowest BCUT2D eigenvalue weighted by Gasteiger charge is -2.18. The zero-order chi connectivity index (χ0) is 16.1. The maximum Gasteiger partial charge on any atom is 0.220 e. The third-order valence-electron chi connectivity index (χ3n) is 4.98. The fourth-order valence-electron chi connectivity index (χ4n) is 3.59. The normalized spacial score (nSPS) is 16.7. The Morgan fingerprint density at radius 3 is 2.91 bits per heavy atom. The molecule has 1 aliphatic carbocycles. The van der Waals surface area contributed by atoms with Crippen molar-refractivity contribution in [2.75, 3.05) is 6.54 Å². The molecule has 0 spiro atoms. The molecule has 124 valence electrons. The summed E-state index contributed by atoms with van der Waals surface area (Å²) < 4.78 is 0. The van der Waals surface area contributed by atoms with E-state index < -0.39 is 0 Å². The lowest BCUT2D eigenvalue weighted by Crippen LogP contribution is -2.35. The Morgan fingerprint density at radius 2 is 2.09 bits per heavy atom. The van der Waals surface area contributed by atoms with Crippen LogP contribution in [0.2, 0.25) is 0 Å². The van der Waals surface area contributed by atoms with Crippen LogP contribution in [0.1, 0.15) is 44.1 Å². The smallest absolute Gasteiger partial charge is 0.220 e. The highest BCUT2D eigenvalue weighted by molar-refractivity contribution is 5.83. The summed E-state index contributed by atoms with van der Waals surface area (Å²) in [5, 5.41) is 14.2. The summed E-state index contributed by atoms with van der Waals surface area (Å²) in [5.74, 6) is 0.420. The van der Waals surface area contributed by atoms with Crippen LogP contribution in [0.3, 0.4) is 0 Å². The van der Waals surface area contributed by atoms with E-state index >= 15 is 0 Å². The summed E-state index contributed by atoms with van der Waals surface area (Å²) in [6.45, 7) is 0.399. The van der Waals surface area contributed by atoms with E-state index in [0.717, 1.165) is 31.2 Å². The molecule has 0 aliphatic heterocycles. The minimum absolute atomic E-state index is 0.0434. The molecule has 1 saturated carbocycles. The molecule has 3 N–H and O–H groups in total. The Morgan fingerprint density at radius 1 is 1.30 bits per heavy atom. The molecule has 0 saturated heterocycles. The highest BCUT2D eigenvalue weighted by Gasteiger charge is 2.23. The van der Waals surface area contributed by atoms with Crippen LogP contribution in [0.15, 0.2) is 30.5 Å². The van der Waals surface area contributed by atoms with Gasteiger partial charge in [-0.3, -0.25) is 4.79 Å². The number of amides is 1. The molecule has 0 bridgehead atoms. The maximum atomic E-state index is 11.9. The van der Waals surface area contributed by atoms with Gasteiger partial charge in [0, 0.05) is 30.1 Å². The average Bonchev–Trinajstić information content (AvgIpc) is 3.23. The number of aliphatic hydroxyl groups is 1. The highest BCUT2D eigenvalue weighted by atomic mass is 16.3. The number of aryl methyl sites for hydroxylation is 1. The van der Waals surface area contributed by atoms with Crippen molar-refractivity contribution in [3.63, 3.8) is 0 Å². The summed E-state index contributed by atoms with van der Waals surface area (Å²) in [6.07, 6.45) is 8.49. The monoisotopic (exact) mass is 314 g/mol. The van der Waals surface area contributed by atoms with E-state index in [1.54, 1.807) is 0 Å². The molecule has 4 nitrogen and oxygen atoms in total. The second kappa shape index (κ2) is 7.64. The van der Waals surface area contributed by atoms with Crippen molar-refractivity contribution >= 4 is 16.8 Å². The predicted octanol–water partition coefficient (Wildman–Crippen LogP) is 3.16. The lowest BCUT2D eigenvalue weighted by molar-refractivity contribution is -0.121. The van der Waals surface area contributed by atoms with Crippen molar-refractivity contribution in [2.24, 2.45) is 5.92 Å². The molecule has 1 aliphatic rings. The van der Waals surface area contributed by atoms with Crippen molar-refractivity contribution < 1.29 is 9.90 Å². The molecule has 1 fully saturated rings. The maximum absolute atomic E-state index is 11.9. The van der Waals surface area contributed by atoms with E-state index in [2.05, 4.69) is 22.4 Å². The van der Waals surface area contributed by atoms with Gasteiger partial charge in [-0.25, -0.2) is 0 Å². The molecule has 1 amide bonds. The molecular formula is C19H26N2O2. The Bertz CT molecular complexity index is 644. The number of carbonyl (C=O) groups excluding carboxylic acids is 1. The van der Waals surface area contributed by atoms with Gasteiger partial charge in [0.2, 0.25) is 5.91 Å². The first kappa shape index (κ1) is 16.1. The summed E-state index contributed by atoms with van der Waals surface area (Å²) in [5.41, 5.74) is 2.41. The number of fused-ring (bicyclic) bond motifs is 1. The fraction of sp³-hybridized carbons (Fsp3) is 0.526. The standard InChI is InChI=1S/C19H26N2O2/c22-18(14-6-1-2-7-14)13-21-19(23)11-5-8-15-12-20-17-10-4-3-9-16(15)17/h3-4,9-10,12,14,18,20,22H,1-2,5-8,11,13H2,(H,21,23). The fourth-order valence-corrected chi connectivity index (χ4v) is 3.59. The molecule has 1 heterocycles. The summed E-state index contributed by atoms with van der Waals surface area (Å²) in [7, 11) is 0. The quantitative estimate of drug-likeness (QED) is 0.735. The number of aromatic nitrogens is 1. The van der Waals surface area contributed by atoms with Crippen LogP contribution in [0.5, 0.6) is 0 Å². The average molecular weight is 314 g/mol. The third kappa shape index (κ3) is 4.14. The molecule has 4 heteroatoms. The van der Waals surface area contributed by atoms with E-state index in [1.807, 2.05) is 18.3 Å². The van der Waals surface area contributed by atoms with Crippen LogP contribution in [0.4, 0.5) is 0 Å². The molecular weight excluding hydrogens is 288 g/mol. The van der Waals surface area contributed by atoms with Crippen molar-refractivity contribution in [3.05, 3.63) is 36.0 Å². The van der Waals surface area contributed by atoms with Crippen molar-refractivity contribution in [1.29, 1.82) is 0 Å². The molecule has 1 aromatic carbocycles. The predicted molar refractivity (Wildman–Crippen MR) is 92.2 cm³/mol. The Labute approximate surface area is 137 Å². The van der Waals surface area contributed by atoms with Gasteiger partial charge in [-0.2, -0.15) is 0 Å². The van der Waals surface area contributed by atoms with Crippen molar-refractivity contribution in [2.45, 2.75) is 51.0 Å². The number of nitrogens with one attached hydrogen (secondary N) is 2. The Balaban J connectivity index is 1.39. The number of carbonyl (C=O) groups is 1. The number of rotatable bonds is 7. The Kier molecular flexibility index (Phi) is 5.34. The topological polar surface area (TPSA) is 65.1 Å². The van der Waals surface area contributed by atoms with Gasteiger partial charge >= 0.3 is 0 Å². The highest BCUT2D eigenvalue weighted by Crippen LogP contribution is 2.27. The lowest BCUT2D eigenvalue weighted by atomic mass is 10.0. The number of hydrogen-bond acceptors (Lipinski definition) is 2. The van der Waals surface area contributed by atoms with E-state index in [-0.39, 0.29) is 12.0 Å². The van der Waals surface area contributed by atoms with E-state index in [4.69, 9.17) is 0 Å². The molecule has 1 aromatic heterocycles. The van der Waals surface area contributed by atoms with Gasteiger partial charge in [-0.1, -0.05) is 31.0 Å². The molecule has 3 rings (SSSR count). The van der Waals surface area contributed by atoms with Crippen LogP contribution >= 0.6 is 0 Å². The third-order valence-corrected chi connectivity index (χ3v) is 4.98. The van der Waals surface area contributed by atoms with Gasteiger partial charge in [0.1, 0.15) is 0 Å². The molecule has 0 radical (unpaired) electrons. The Hall–Kier alpha value is -1.81. The molecule has 1 unspecified atom stereocenters. The van der Waals surface area contributed by atoms with Gasteiger partial charge in [-0.05, 0) is 43.2 Å². The number of para-hydroxylation sites is 1. The van der Waals surface area contributed by atoms with E-state index in [0.29, 0.717) is 18.9 Å². The summed E-state index contributed by atoms with van der Waals surface area (Å²) in [6, 6.07) is 8.23. The second-order valence-corrected chi connectivity index (χ2v) is 6.63. The first-order chi connectivity index (χ1) is 11.2. The summed E-state index contributed by atoms with van der Waals surface area (Å²) >= 11 is 0. The van der Waals surface area contributed by atoms with Crippen LogP contribution in [0.25, 0.3) is 10.9 Å². The molecule has 1 atom stereocenters. The number of H-pyrrole nitrogens is 1. The van der Waals surface area contributed by atoms with Gasteiger partial charge in [0.05, 0.1) is 6.10 Å². The van der Waals surface area contributed by atoms with Crippen LogP contribution in [-0.2, 0) is 11.2 Å².